The van der Waals surface area contributed by atoms with E-state index in [1.165, 1.54) is 0 Å². The molecule has 1 aromatic rings. The number of halogens is 1. The van der Waals surface area contributed by atoms with Gasteiger partial charge >= 0.3 is 0 Å². The molecule has 180 valence electrons. The highest BCUT2D eigenvalue weighted by Gasteiger charge is 2.75. The highest BCUT2D eigenvalue weighted by atomic mass is 79.9. The molecule has 4 rings (SSSR count). The molecule has 6 atom stereocenters. The maximum atomic E-state index is 13.7. The van der Waals surface area contributed by atoms with Crippen molar-refractivity contribution in [2.45, 2.75) is 59.5 Å². The third-order valence-corrected chi connectivity index (χ3v) is 10.4. The Balaban J connectivity index is 1.59. The molecular weight excluding hydrogens is 506 g/mol. The molecule has 3 unspecified atom stereocenters. The molecule has 0 aliphatic carbocycles. The lowest BCUT2D eigenvalue weighted by molar-refractivity contribution is -0.139. The summed E-state index contributed by atoms with van der Waals surface area (Å²) in [6.45, 7) is 1.06. The summed E-state index contributed by atoms with van der Waals surface area (Å²) in [5.41, 5.74) is 1.00. The van der Waals surface area contributed by atoms with Crippen molar-refractivity contribution >= 4 is 45.4 Å². The number of amides is 3. The third kappa shape index (κ3) is 4.44. The Morgan fingerprint density at radius 2 is 1.91 bits per heavy atom. The number of hydrogen-bond donors (Lipinski definition) is 3. The Bertz CT molecular complexity index is 888. The van der Waals surface area contributed by atoms with Crippen LogP contribution in [0.5, 0.6) is 0 Å². The number of hydrogen-bond acceptors (Lipinski definition) is 5. The second kappa shape index (κ2) is 10.4. The van der Waals surface area contributed by atoms with Gasteiger partial charge in [0, 0.05) is 36.8 Å². The van der Waals surface area contributed by atoms with Crippen LogP contribution < -0.4 is 10.6 Å². The number of nitrogens with zero attached hydrogens (tertiary/aromatic N) is 1. The molecule has 3 aliphatic heterocycles. The molecule has 1 spiro atoms. The van der Waals surface area contributed by atoms with Crippen molar-refractivity contribution in [1.82, 2.24) is 15.5 Å². The first-order valence-corrected chi connectivity index (χ1v) is 13.5. The number of thioether (sulfide) groups is 1. The van der Waals surface area contributed by atoms with Gasteiger partial charge in [0.1, 0.15) is 6.04 Å². The van der Waals surface area contributed by atoms with Crippen LogP contribution in [-0.2, 0) is 20.9 Å². The van der Waals surface area contributed by atoms with E-state index in [1.54, 1.807) is 23.7 Å². The Labute approximate surface area is 207 Å². The fourth-order valence-electron chi connectivity index (χ4n) is 5.77. The highest BCUT2D eigenvalue weighted by molar-refractivity contribution is 9.09. The van der Waals surface area contributed by atoms with Gasteiger partial charge < -0.3 is 20.6 Å². The summed E-state index contributed by atoms with van der Waals surface area (Å²) >= 11 is 5.41. The predicted octanol–water partition coefficient (Wildman–Crippen LogP) is 2.07. The summed E-state index contributed by atoms with van der Waals surface area (Å²) in [5, 5.41) is 14.8. The summed E-state index contributed by atoms with van der Waals surface area (Å²) in [5.74, 6) is -1.25. The van der Waals surface area contributed by atoms with Crippen molar-refractivity contribution < 1.29 is 19.5 Å². The number of carbonyl (C=O) groups is 3. The summed E-state index contributed by atoms with van der Waals surface area (Å²) < 4.78 is -0.598. The summed E-state index contributed by atoms with van der Waals surface area (Å²) in [7, 11) is 1.61. The van der Waals surface area contributed by atoms with Gasteiger partial charge in [0.2, 0.25) is 17.7 Å². The third-order valence-electron chi connectivity index (χ3n) is 7.20. The molecule has 3 aliphatic rings. The minimum Gasteiger partial charge on any atom is -0.396 e. The molecule has 3 amide bonds. The van der Waals surface area contributed by atoms with Crippen molar-refractivity contribution in [2.24, 2.45) is 11.8 Å². The monoisotopic (exact) mass is 537 g/mol. The minimum atomic E-state index is -0.598. The van der Waals surface area contributed by atoms with Crippen LogP contribution in [0.25, 0.3) is 0 Å². The fraction of sp³-hybridized carbons (Fsp3) is 0.625. The second-order valence-electron chi connectivity index (χ2n) is 9.15. The SMILES string of the molecule is CNC(=O)[C@H]1[C@@H]2SC3(CC2Br)C(C(=O)NCc2ccccc2)N(CCCCCCO)C(=O)[C@H]13. The van der Waals surface area contributed by atoms with Gasteiger partial charge in [-0.2, -0.15) is 0 Å². The highest BCUT2D eigenvalue weighted by Crippen LogP contribution is 2.67. The Morgan fingerprint density at radius 3 is 2.61 bits per heavy atom. The second-order valence-corrected chi connectivity index (χ2v) is 11.9. The molecule has 3 fully saturated rings. The normalized spacial score (nSPS) is 32.2. The molecule has 0 radical (unpaired) electrons. The molecular formula is C24H32BrN3O4S. The number of nitrogens with one attached hydrogen (secondary N) is 2. The lowest BCUT2D eigenvalue weighted by Gasteiger charge is -2.35. The number of rotatable bonds is 10. The molecule has 2 bridgehead atoms. The van der Waals surface area contributed by atoms with Gasteiger partial charge in [0.05, 0.1) is 16.6 Å². The maximum absolute atomic E-state index is 13.7. The van der Waals surface area contributed by atoms with Crippen molar-refractivity contribution in [3.63, 3.8) is 0 Å². The number of aliphatic hydroxyl groups excluding tert-OH is 1. The fourth-order valence-corrected chi connectivity index (χ4v) is 9.38. The lowest BCUT2D eigenvalue weighted by Crippen LogP contribution is -2.54. The largest absolute Gasteiger partial charge is 0.396 e. The van der Waals surface area contributed by atoms with E-state index in [4.69, 9.17) is 5.11 Å². The maximum Gasteiger partial charge on any atom is 0.244 e. The van der Waals surface area contributed by atoms with Gasteiger partial charge in [-0.25, -0.2) is 0 Å². The van der Waals surface area contributed by atoms with Crippen LogP contribution in [0.2, 0.25) is 0 Å². The van der Waals surface area contributed by atoms with Crippen molar-refractivity contribution in [3.05, 3.63) is 35.9 Å². The average molecular weight is 539 g/mol. The summed E-state index contributed by atoms with van der Waals surface area (Å²) in [6.07, 6.45) is 3.97. The van der Waals surface area contributed by atoms with Crippen LogP contribution in [0.1, 0.15) is 37.7 Å². The number of alkyl halides is 1. The van der Waals surface area contributed by atoms with E-state index in [0.717, 1.165) is 31.2 Å². The first-order valence-electron chi connectivity index (χ1n) is 11.7. The molecule has 3 saturated heterocycles. The smallest absolute Gasteiger partial charge is 0.244 e. The Kier molecular flexibility index (Phi) is 7.70. The number of carbonyl (C=O) groups excluding carboxylic acids is 3. The van der Waals surface area contributed by atoms with Crippen LogP contribution in [-0.4, -0.2) is 68.8 Å². The van der Waals surface area contributed by atoms with Crippen LogP contribution in [0.15, 0.2) is 30.3 Å². The summed E-state index contributed by atoms with van der Waals surface area (Å²) in [6, 6.07) is 9.14. The molecule has 1 aromatic carbocycles. The Hall–Kier alpha value is -1.58. The average Bonchev–Trinajstić information content (AvgIpc) is 3.41. The van der Waals surface area contributed by atoms with Crippen LogP contribution in [0, 0.1) is 11.8 Å². The number of likely N-dealkylation sites (tertiary alicyclic amines) is 1. The van der Waals surface area contributed by atoms with E-state index in [-0.39, 0.29) is 34.4 Å². The van der Waals surface area contributed by atoms with Crippen molar-refractivity contribution in [1.29, 1.82) is 0 Å². The van der Waals surface area contributed by atoms with E-state index in [2.05, 4.69) is 26.6 Å². The van der Waals surface area contributed by atoms with E-state index in [0.29, 0.717) is 19.5 Å². The number of fused-ring (bicyclic) bond motifs is 1. The predicted molar refractivity (Wildman–Crippen MR) is 132 cm³/mol. The van der Waals surface area contributed by atoms with E-state index in [1.807, 2.05) is 30.3 Å². The van der Waals surface area contributed by atoms with Gasteiger partial charge in [-0.1, -0.05) is 59.1 Å². The van der Waals surface area contributed by atoms with Gasteiger partial charge in [-0.05, 0) is 24.8 Å². The number of aliphatic hydroxyl groups is 1. The molecule has 33 heavy (non-hydrogen) atoms. The first-order chi connectivity index (χ1) is 15.9. The van der Waals surface area contributed by atoms with Crippen LogP contribution in [0.4, 0.5) is 0 Å². The zero-order valence-electron chi connectivity index (χ0n) is 18.8. The van der Waals surface area contributed by atoms with E-state index in [9.17, 15) is 14.4 Å². The minimum absolute atomic E-state index is 0.0185. The molecule has 3 heterocycles. The quantitative estimate of drug-likeness (QED) is 0.313. The molecule has 0 saturated carbocycles. The molecule has 3 N–H and O–H groups in total. The standard InChI is InChI=1S/C24H32BrN3O4S/c1-26-21(30)17-18-23(32)28(11-7-2-3-8-12-29)20(24(18)13-16(25)19(17)33-24)22(31)27-14-15-9-5-4-6-10-15/h4-6,9-10,16-20,29H,2-3,7-8,11-14H2,1H3,(H,26,30)(H,27,31)/t16?,17-,18+,19-,20?,24?/m1/s1. The van der Waals surface area contributed by atoms with Crippen LogP contribution in [0.3, 0.4) is 0 Å². The molecule has 7 nitrogen and oxygen atoms in total. The van der Waals surface area contributed by atoms with Crippen molar-refractivity contribution in [3.8, 4) is 0 Å². The molecule has 9 heteroatoms. The van der Waals surface area contributed by atoms with Crippen LogP contribution >= 0.6 is 27.7 Å². The van der Waals surface area contributed by atoms with E-state index < -0.39 is 22.6 Å². The number of unbranched alkanes of at least 4 members (excludes halogenated alkanes) is 3. The number of benzene rings is 1. The van der Waals surface area contributed by atoms with Gasteiger partial charge in [0.25, 0.3) is 0 Å². The summed E-state index contributed by atoms with van der Waals surface area (Å²) in [4.78, 5) is 42.0. The zero-order chi connectivity index (χ0) is 23.6. The van der Waals surface area contributed by atoms with E-state index >= 15 is 0 Å². The zero-order valence-corrected chi connectivity index (χ0v) is 21.2. The van der Waals surface area contributed by atoms with Crippen molar-refractivity contribution in [2.75, 3.05) is 20.2 Å². The van der Waals surface area contributed by atoms with Gasteiger partial charge in [0.15, 0.2) is 0 Å². The van der Waals surface area contributed by atoms with Gasteiger partial charge in [-0.15, -0.1) is 11.8 Å². The first kappa shape index (κ1) is 24.5. The Morgan fingerprint density at radius 1 is 1.18 bits per heavy atom. The topological polar surface area (TPSA) is 98.7 Å². The molecule has 0 aromatic heterocycles. The lowest BCUT2D eigenvalue weighted by atomic mass is 9.70. The van der Waals surface area contributed by atoms with Gasteiger partial charge in [-0.3, -0.25) is 14.4 Å².